The molecule has 0 aliphatic heterocycles. The van der Waals surface area contributed by atoms with E-state index in [9.17, 15) is 18.0 Å². The summed E-state index contributed by atoms with van der Waals surface area (Å²) in [7, 11) is 1.42. The second kappa shape index (κ2) is 4.87. The summed E-state index contributed by atoms with van der Waals surface area (Å²) in [6.07, 6.45) is -3.58. The standard InChI is InChI=1S/C12H13F3O2/c1-11(17-2,7-8-16)9-3-5-10(6-4-9)12(13,14)15/h3-6,8H,7H2,1-2H3. The molecular formula is C12H13F3O2. The number of carbonyl (C=O) groups is 1. The van der Waals surface area contributed by atoms with E-state index >= 15 is 0 Å². The number of benzene rings is 1. The van der Waals surface area contributed by atoms with Crippen LogP contribution in [0.25, 0.3) is 0 Å². The predicted molar refractivity (Wildman–Crippen MR) is 56.5 cm³/mol. The number of halogens is 3. The van der Waals surface area contributed by atoms with Gasteiger partial charge in [-0.3, -0.25) is 0 Å². The van der Waals surface area contributed by atoms with Gasteiger partial charge < -0.3 is 9.53 Å². The summed E-state index contributed by atoms with van der Waals surface area (Å²) in [5, 5.41) is 0. The minimum atomic E-state index is -4.35. The number of methoxy groups -OCH3 is 1. The van der Waals surface area contributed by atoms with Gasteiger partial charge >= 0.3 is 6.18 Å². The van der Waals surface area contributed by atoms with Gasteiger partial charge in [-0.25, -0.2) is 0 Å². The molecule has 0 saturated heterocycles. The molecule has 1 rings (SSSR count). The summed E-state index contributed by atoms with van der Waals surface area (Å²) < 4.78 is 42.3. The zero-order chi connectivity index (χ0) is 13.1. The van der Waals surface area contributed by atoms with Crippen LogP contribution in [-0.4, -0.2) is 13.4 Å². The van der Waals surface area contributed by atoms with Crippen LogP contribution < -0.4 is 0 Å². The minimum absolute atomic E-state index is 0.0921. The summed E-state index contributed by atoms with van der Waals surface area (Å²) in [4.78, 5) is 10.5. The van der Waals surface area contributed by atoms with E-state index in [4.69, 9.17) is 4.74 Å². The van der Waals surface area contributed by atoms with Crippen LogP contribution in [-0.2, 0) is 21.3 Å². The SMILES string of the molecule is COC(C)(CC=O)c1ccc(C(F)(F)F)cc1. The van der Waals surface area contributed by atoms with E-state index in [-0.39, 0.29) is 6.42 Å². The highest BCUT2D eigenvalue weighted by molar-refractivity contribution is 5.52. The lowest BCUT2D eigenvalue weighted by molar-refractivity contribution is -0.137. The number of aldehydes is 1. The summed E-state index contributed by atoms with van der Waals surface area (Å²) in [6.45, 7) is 1.66. The molecule has 1 atom stereocenters. The van der Waals surface area contributed by atoms with Crippen LogP contribution in [0, 0.1) is 0 Å². The van der Waals surface area contributed by atoms with Gasteiger partial charge in [0.05, 0.1) is 11.2 Å². The number of alkyl halides is 3. The Morgan fingerprint density at radius 3 is 2.00 bits per heavy atom. The molecule has 0 bridgehead atoms. The molecule has 1 aromatic carbocycles. The van der Waals surface area contributed by atoms with Gasteiger partial charge in [0.15, 0.2) is 0 Å². The van der Waals surface area contributed by atoms with Gasteiger partial charge in [-0.05, 0) is 24.6 Å². The third-order valence-electron chi connectivity index (χ3n) is 2.75. The maximum absolute atomic E-state index is 12.4. The quantitative estimate of drug-likeness (QED) is 0.763. The van der Waals surface area contributed by atoms with Gasteiger partial charge in [0.25, 0.3) is 0 Å². The first-order chi connectivity index (χ1) is 7.83. The Kier molecular flexibility index (Phi) is 3.93. The van der Waals surface area contributed by atoms with Crippen LogP contribution in [0.2, 0.25) is 0 Å². The van der Waals surface area contributed by atoms with Crippen molar-refractivity contribution in [3.63, 3.8) is 0 Å². The monoisotopic (exact) mass is 246 g/mol. The van der Waals surface area contributed by atoms with E-state index in [0.717, 1.165) is 12.1 Å². The highest BCUT2D eigenvalue weighted by Crippen LogP contribution is 2.32. The second-order valence-electron chi connectivity index (χ2n) is 3.88. The number of hydrogen-bond acceptors (Lipinski definition) is 2. The highest BCUT2D eigenvalue weighted by atomic mass is 19.4. The first-order valence-corrected chi connectivity index (χ1v) is 5.00. The molecule has 1 aromatic rings. The smallest absolute Gasteiger partial charge is 0.373 e. The van der Waals surface area contributed by atoms with E-state index in [1.165, 1.54) is 19.2 Å². The van der Waals surface area contributed by atoms with Crippen molar-refractivity contribution < 1.29 is 22.7 Å². The molecule has 2 nitrogen and oxygen atoms in total. The Morgan fingerprint density at radius 2 is 1.65 bits per heavy atom. The fraction of sp³-hybridized carbons (Fsp3) is 0.417. The molecule has 5 heteroatoms. The summed E-state index contributed by atoms with van der Waals surface area (Å²) >= 11 is 0. The molecule has 0 spiro atoms. The average Bonchev–Trinajstić information content (AvgIpc) is 2.28. The summed E-state index contributed by atoms with van der Waals surface area (Å²) in [6, 6.07) is 4.63. The molecule has 1 unspecified atom stereocenters. The van der Waals surface area contributed by atoms with Crippen molar-refractivity contribution >= 4 is 6.29 Å². The third kappa shape index (κ3) is 3.06. The molecule has 94 valence electrons. The number of ether oxygens (including phenoxy) is 1. The topological polar surface area (TPSA) is 26.3 Å². The second-order valence-corrected chi connectivity index (χ2v) is 3.88. The number of hydrogen-bond donors (Lipinski definition) is 0. The van der Waals surface area contributed by atoms with Gasteiger partial charge in [-0.2, -0.15) is 13.2 Å². The first kappa shape index (κ1) is 13.7. The van der Waals surface area contributed by atoms with Crippen molar-refractivity contribution in [2.24, 2.45) is 0 Å². The Bertz CT molecular complexity index is 384. The molecule has 0 radical (unpaired) electrons. The molecular weight excluding hydrogens is 233 g/mol. The summed E-state index contributed by atoms with van der Waals surface area (Å²) in [5.41, 5.74) is -1.06. The molecule has 0 aliphatic rings. The Hall–Kier alpha value is -1.36. The predicted octanol–water partition coefficient (Wildman–Crippen LogP) is 3.16. The van der Waals surface area contributed by atoms with Crippen molar-refractivity contribution in [1.82, 2.24) is 0 Å². The van der Waals surface area contributed by atoms with Gasteiger partial charge in [-0.1, -0.05) is 12.1 Å². The van der Waals surface area contributed by atoms with Gasteiger partial charge in [-0.15, -0.1) is 0 Å². The molecule has 0 aromatic heterocycles. The largest absolute Gasteiger partial charge is 0.416 e. The van der Waals surface area contributed by atoms with Crippen LogP contribution in [0.3, 0.4) is 0 Å². The first-order valence-electron chi connectivity index (χ1n) is 5.00. The van der Waals surface area contributed by atoms with Crippen LogP contribution >= 0.6 is 0 Å². The van der Waals surface area contributed by atoms with Crippen molar-refractivity contribution in [1.29, 1.82) is 0 Å². The van der Waals surface area contributed by atoms with E-state index < -0.39 is 17.3 Å². The normalized spacial score (nSPS) is 15.4. The zero-order valence-corrected chi connectivity index (χ0v) is 9.54. The Labute approximate surface area is 97.4 Å². The maximum Gasteiger partial charge on any atom is 0.416 e. The molecule has 0 aliphatic carbocycles. The van der Waals surface area contributed by atoms with E-state index in [1.54, 1.807) is 6.92 Å². The lowest BCUT2D eigenvalue weighted by Crippen LogP contribution is -2.25. The van der Waals surface area contributed by atoms with E-state index in [0.29, 0.717) is 11.8 Å². The van der Waals surface area contributed by atoms with Gasteiger partial charge in [0.1, 0.15) is 6.29 Å². The number of rotatable bonds is 4. The van der Waals surface area contributed by atoms with Crippen molar-refractivity contribution in [2.45, 2.75) is 25.1 Å². The van der Waals surface area contributed by atoms with Crippen LogP contribution in [0.5, 0.6) is 0 Å². The fourth-order valence-electron chi connectivity index (χ4n) is 1.49. The minimum Gasteiger partial charge on any atom is -0.373 e. The molecule has 0 saturated carbocycles. The maximum atomic E-state index is 12.4. The number of carbonyl (C=O) groups excluding carboxylic acids is 1. The van der Waals surface area contributed by atoms with Crippen LogP contribution in [0.1, 0.15) is 24.5 Å². The third-order valence-corrected chi connectivity index (χ3v) is 2.75. The van der Waals surface area contributed by atoms with E-state index in [1.807, 2.05) is 0 Å². The zero-order valence-electron chi connectivity index (χ0n) is 9.54. The van der Waals surface area contributed by atoms with E-state index in [2.05, 4.69) is 0 Å². The lowest BCUT2D eigenvalue weighted by Gasteiger charge is -2.26. The van der Waals surface area contributed by atoms with Crippen molar-refractivity contribution in [3.05, 3.63) is 35.4 Å². The molecule has 0 amide bonds. The highest BCUT2D eigenvalue weighted by Gasteiger charge is 2.32. The van der Waals surface area contributed by atoms with Gasteiger partial charge in [0, 0.05) is 13.5 Å². The Balaban J connectivity index is 3.05. The van der Waals surface area contributed by atoms with Crippen molar-refractivity contribution in [2.75, 3.05) is 7.11 Å². The summed E-state index contributed by atoms with van der Waals surface area (Å²) in [5.74, 6) is 0. The van der Waals surface area contributed by atoms with Crippen molar-refractivity contribution in [3.8, 4) is 0 Å². The fourth-order valence-corrected chi connectivity index (χ4v) is 1.49. The molecule has 0 N–H and O–H groups in total. The molecule has 0 fully saturated rings. The lowest BCUT2D eigenvalue weighted by atomic mass is 9.92. The molecule has 17 heavy (non-hydrogen) atoms. The molecule has 0 heterocycles. The van der Waals surface area contributed by atoms with Crippen LogP contribution in [0.4, 0.5) is 13.2 Å². The Morgan fingerprint density at radius 1 is 1.18 bits per heavy atom. The van der Waals surface area contributed by atoms with Gasteiger partial charge in [0.2, 0.25) is 0 Å². The van der Waals surface area contributed by atoms with Crippen LogP contribution in [0.15, 0.2) is 24.3 Å². The average molecular weight is 246 g/mol.